The molecule has 0 saturated carbocycles. The number of nitrogens with zero attached hydrogens (tertiary/aromatic N) is 3. The SMILES string of the molecule is Cc1cc(C(=O)NCc2cccc(Cn3cnc4ccccc43)c2)nc2[nH]c(=O)[nH]c(=O)c12. The number of amides is 1. The molecule has 0 fully saturated rings. The molecule has 0 aliphatic rings. The molecule has 5 rings (SSSR count). The molecule has 0 spiro atoms. The highest BCUT2D eigenvalue weighted by Crippen LogP contribution is 2.15. The van der Waals surface area contributed by atoms with Crippen LogP contribution in [0.25, 0.3) is 22.1 Å². The van der Waals surface area contributed by atoms with Crippen LogP contribution in [0.1, 0.15) is 27.2 Å². The van der Waals surface area contributed by atoms with Crippen LogP contribution in [0.4, 0.5) is 0 Å². The van der Waals surface area contributed by atoms with Crippen LogP contribution >= 0.6 is 0 Å². The Morgan fingerprint density at radius 3 is 2.73 bits per heavy atom. The first-order chi connectivity index (χ1) is 16.0. The molecule has 164 valence electrons. The van der Waals surface area contributed by atoms with Crippen LogP contribution in [-0.4, -0.2) is 30.4 Å². The lowest BCUT2D eigenvalue weighted by Gasteiger charge is -2.09. The molecule has 33 heavy (non-hydrogen) atoms. The van der Waals surface area contributed by atoms with Gasteiger partial charge in [-0.1, -0.05) is 36.4 Å². The third-order valence-corrected chi connectivity index (χ3v) is 5.46. The van der Waals surface area contributed by atoms with Crippen LogP contribution in [0, 0.1) is 6.92 Å². The lowest BCUT2D eigenvalue weighted by atomic mass is 10.1. The van der Waals surface area contributed by atoms with Crippen LogP contribution in [0.3, 0.4) is 0 Å². The number of aromatic nitrogens is 5. The maximum Gasteiger partial charge on any atom is 0.327 e. The van der Waals surface area contributed by atoms with Gasteiger partial charge in [-0.3, -0.25) is 19.6 Å². The number of benzene rings is 2. The second-order valence-electron chi connectivity index (χ2n) is 7.82. The molecule has 0 unspecified atom stereocenters. The van der Waals surface area contributed by atoms with E-state index in [-0.39, 0.29) is 16.7 Å². The van der Waals surface area contributed by atoms with Gasteiger partial charge in [-0.05, 0) is 41.8 Å². The first-order valence-electron chi connectivity index (χ1n) is 10.4. The number of hydrogen-bond donors (Lipinski definition) is 3. The Hall–Kier alpha value is -4.53. The Kier molecular flexibility index (Phi) is 5.06. The number of fused-ring (bicyclic) bond motifs is 2. The number of aromatic amines is 2. The van der Waals surface area contributed by atoms with E-state index in [1.165, 1.54) is 6.07 Å². The van der Waals surface area contributed by atoms with Crippen LogP contribution in [0.15, 0.2) is 70.5 Å². The second-order valence-corrected chi connectivity index (χ2v) is 7.82. The van der Waals surface area contributed by atoms with Crippen molar-refractivity contribution in [1.29, 1.82) is 0 Å². The van der Waals surface area contributed by atoms with Crippen molar-refractivity contribution in [3.8, 4) is 0 Å². The van der Waals surface area contributed by atoms with Crippen molar-refractivity contribution in [1.82, 2.24) is 29.8 Å². The van der Waals surface area contributed by atoms with Crippen molar-refractivity contribution in [2.45, 2.75) is 20.0 Å². The predicted octanol–water partition coefficient (Wildman–Crippen LogP) is 2.25. The topological polar surface area (TPSA) is 126 Å². The largest absolute Gasteiger partial charge is 0.347 e. The summed E-state index contributed by atoms with van der Waals surface area (Å²) in [5.41, 5.74) is 3.60. The molecule has 0 aliphatic carbocycles. The summed E-state index contributed by atoms with van der Waals surface area (Å²) in [4.78, 5) is 49.5. The minimum absolute atomic E-state index is 0.0865. The van der Waals surface area contributed by atoms with E-state index < -0.39 is 17.2 Å². The molecule has 0 atom stereocenters. The summed E-state index contributed by atoms with van der Waals surface area (Å²) in [6.07, 6.45) is 1.82. The zero-order chi connectivity index (χ0) is 22.9. The molecule has 9 nitrogen and oxygen atoms in total. The first kappa shape index (κ1) is 20.4. The predicted molar refractivity (Wildman–Crippen MR) is 124 cm³/mol. The molecule has 0 saturated heterocycles. The minimum Gasteiger partial charge on any atom is -0.347 e. The van der Waals surface area contributed by atoms with Crippen molar-refractivity contribution in [3.05, 3.63) is 104 Å². The fourth-order valence-electron chi connectivity index (χ4n) is 3.91. The van der Waals surface area contributed by atoms with Gasteiger partial charge in [-0.25, -0.2) is 14.8 Å². The van der Waals surface area contributed by atoms with E-state index in [0.29, 0.717) is 18.7 Å². The molecule has 0 radical (unpaired) electrons. The van der Waals surface area contributed by atoms with Crippen molar-refractivity contribution < 1.29 is 4.79 Å². The summed E-state index contributed by atoms with van der Waals surface area (Å²) in [6.45, 7) is 2.66. The fraction of sp³-hybridized carbons (Fsp3) is 0.125. The second kappa shape index (κ2) is 8.19. The molecule has 9 heteroatoms. The van der Waals surface area contributed by atoms with Crippen LogP contribution in [0.2, 0.25) is 0 Å². The molecule has 1 amide bonds. The number of H-pyrrole nitrogens is 2. The van der Waals surface area contributed by atoms with Gasteiger partial charge in [0.15, 0.2) is 0 Å². The average Bonchev–Trinajstić information content (AvgIpc) is 3.20. The summed E-state index contributed by atoms with van der Waals surface area (Å²) in [6, 6.07) is 17.4. The Morgan fingerprint density at radius 1 is 1.03 bits per heavy atom. The molecule has 0 bridgehead atoms. The maximum atomic E-state index is 12.7. The Bertz CT molecular complexity index is 1630. The number of imidazole rings is 1. The lowest BCUT2D eigenvalue weighted by Crippen LogP contribution is -2.26. The van der Waals surface area contributed by atoms with Crippen LogP contribution in [0.5, 0.6) is 0 Å². The third-order valence-electron chi connectivity index (χ3n) is 5.46. The fourth-order valence-corrected chi connectivity index (χ4v) is 3.91. The van der Waals surface area contributed by atoms with Gasteiger partial charge in [-0.15, -0.1) is 0 Å². The number of carbonyl (C=O) groups is 1. The van der Waals surface area contributed by atoms with Gasteiger partial charge in [0, 0.05) is 13.1 Å². The van der Waals surface area contributed by atoms with E-state index in [9.17, 15) is 14.4 Å². The highest BCUT2D eigenvalue weighted by Gasteiger charge is 2.13. The Labute approximate surface area is 187 Å². The number of nitrogens with one attached hydrogen (secondary N) is 3. The summed E-state index contributed by atoms with van der Waals surface area (Å²) in [5.74, 6) is -0.396. The highest BCUT2D eigenvalue weighted by molar-refractivity contribution is 5.95. The molecule has 3 heterocycles. The number of aryl methyl sites for hydroxylation is 1. The van der Waals surface area contributed by atoms with Crippen molar-refractivity contribution >= 4 is 28.0 Å². The molecule has 0 aliphatic heterocycles. The summed E-state index contributed by atoms with van der Waals surface area (Å²) in [5, 5.41) is 3.11. The van der Waals surface area contributed by atoms with Gasteiger partial charge in [-0.2, -0.15) is 0 Å². The highest BCUT2D eigenvalue weighted by atomic mass is 16.2. The van der Waals surface area contributed by atoms with E-state index in [4.69, 9.17) is 0 Å². The molecular weight excluding hydrogens is 420 g/mol. The van der Waals surface area contributed by atoms with E-state index in [1.807, 2.05) is 54.9 Å². The van der Waals surface area contributed by atoms with E-state index in [2.05, 4.69) is 29.8 Å². The molecule has 2 aromatic carbocycles. The smallest absolute Gasteiger partial charge is 0.327 e. The molecule has 5 aromatic rings. The van der Waals surface area contributed by atoms with Crippen LogP contribution in [-0.2, 0) is 13.1 Å². The van der Waals surface area contributed by atoms with E-state index in [0.717, 1.165) is 22.2 Å². The third kappa shape index (κ3) is 4.03. The Balaban J connectivity index is 1.33. The number of hydrogen-bond acceptors (Lipinski definition) is 5. The van der Waals surface area contributed by atoms with E-state index in [1.54, 1.807) is 6.92 Å². The van der Waals surface area contributed by atoms with Gasteiger partial charge < -0.3 is 9.88 Å². The van der Waals surface area contributed by atoms with Gasteiger partial charge in [0.25, 0.3) is 11.5 Å². The quantitative estimate of drug-likeness (QED) is 0.387. The first-order valence-corrected chi connectivity index (χ1v) is 10.4. The van der Waals surface area contributed by atoms with Crippen molar-refractivity contribution in [2.75, 3.05) is 0 Å². The number of pyridine rings is 1. The number of carbonyl (C=O) groups excluding carboxylic acids is 1. The molecule has 3 aromatic heterocycles. The normalized spacial score (nSPS) is 11.2. The van der Waals surface area contributed by atoms with Gasteiger partial charge >= 0.3 is 5.69 Å². The summed E-state index contributed by atoms with van der Waals surface area (Å²) < 4.78 is 2.08. The molecular formula is C24H20N6O3. The number of rotatable bonds is 5. The van der Waals surface area contributed by atoms with Gasteiger partial charge in [0.2, 0.25) is 0 Å². The maximum absolute atomic E-state index is 12.7. The van der Waals surface area contributed by atoms with Crippen molar-refractivity contribution in [3.63, 3.8) is 0 Å². The zero-order valence-electron chi connectivity index (χ0n) is 17.8. The average molecular weight is 440 g/mol. The van der Waals surface area contributed by atoms with Gasteiger partial charge in [0.05, 0.1) is 22.7 Å². The number of para-hydroxylation sites is 2. The van der Waals surface area contributed by atoms with Crippen LogP contribution < -0.4 is 16.6 Å². The Morgan fingerprint density at radius 2 is 1.85 bits per heavy atom. The summed E-state index contributed by atoms with van der Waals surface area (Å²) in [7, 11) is 0. The lowest BCUT2D eigenvalue weighted by molar-refractivity contribution is 0.0946. The van der Waals surface area contributed by atoms with Gasteiger partial charge in [0.1, 0.15) is 11.3 Å². The summed E-state index contributed by atoms with van der Waals surface area (Å²) >= 11 is 0. The molecule has 3 N–H and O–H groups in total. The van der Waals surface area contributed by atoms with Crippen molar-refractivity contribution in [2.24, 2.45) is 0 Å². The minimum atomic E-state index is -0.667. The standard InChI is InChI=1S/C24H20N6O3/c1-14-9-18(27-21-20(14)23(32)29-24(33)28-21)22(31)25-11-15-5-4-6-16(10-15)12-30-13-26-17-7-2-3-8-19(17)30/h2-10,13H,11-12H2,1H3,(H,25,31)(H2,27,28,29,32,33). The van der Waals surface area contributed by atoms with E-state index >= 15 is 0 Å². The zero-order valence-corrected chi connectivity index (χ0v) is 17.8. The monoisotopic (exact) mass is 440 g/mol.